The van der Waals surface area contributed by atoms with Crippen molar-refractivity contribution in [1.29, 1.82) is 0 Å². The fourth-order valence-electron chi connectivity index (χ4n) is 2.47. The first kappa shape index (κ1) is 22.3. The molecule has 2 N–H and O–H groups in total. The Morgan fingerprint density at radius 3 is 2.10 bits per heavy atom. The number of aryl methyl sites for hydroxylation is 1. The number of amides is 2. The molecule has 156 valence electrons. The van der Waals surface area contributed by atoms with E-state index in [1.807, 2.05) is 24.3 Å². The summed E-state index contributed by atoms with van der Waals surface area (Å²) < 4.78 is 11.2. The van der Waals surface area contributed by atoms with E-state index in [-0.39, 0.29) is 0 Å². The van der Waals surface area contributed by atoms with E-state index in [2.05, 4.69) is 31.6 Å². The molecule has 6 heteroatoms. The summed E-state index contributed by atoms with van der Waals surface area (Å²) in [6.07, 6.45) is 1.16. The van der Waals surface area contributed by atoms with Crippen LogP contribution in [0.25, 0.3) is 0 Å². The highest BCUT2D eigenvalue weighted by Crippen LogP contribution is 2.15. The standard InChI is InChI=1S/C23H30N2O4/c1-5-18-6-10-21(11-7-18)29-17(4)22(26)24-25-23(27)19-8-12-20(13-9-19)28-15-14-16(2)3/h6-13,16-17H,5,14-15H2,1-4H3,(H,24,26)(H,25,27)/t17-/m1/s1. The average Bonchev–Trinajstić information content (AvgIpc) is 2.72. The first-order valence-electron chi connectivity index (χ1n) is 9.97. The van der Waals surface area contributed by atoms with E-state index in [0.29, 0.717) is 29.6 Å². The molecular formula is C23H30N2O4. The Hall–Kier alpha value is -3.02. The monoisotopic (exact) mass is 398 g/mol. The quantitative estimate of drug-likeness (QED) is 0.628. The molecular weight excluding hydrogens is 368 g/mol. The van der Waals surface area contributed by atoms with E-state index in [0.717, 1.165) is 12.8 Å². The summed E-state index contributed by atoms with van der Waals surface area (Å²) in [6, 6.07) is 14.3. The number of hydrazine groups is 1. The van der Waals surface area contributed by atoms with Crippen molar-refractivity contribution in [2.24, 2.45) is 5.92 Å². The van der Waals surface area contributed by atoms with Crippen LogP contribution in [0.2, 0.25) is 0 Å². The van der Waals surface area contributed by atoms with Gasteiger partial charge in [-0.05, 0) is 67.6 Å². The molecule has 0 aliphatic rings. The van der Waals surface area contributed by atoms with E-state index in [4.69, 9.17) is 9.47 Å². The molecule has 6 nitrogen and oxygen atoms in total. The first-order valence-corrected chi connectivity index (χ1v) is 9.97. The molecule has 0 aromatic heterocycles. The highest BCUT2D eigenvalue weighted by molar-refractivity contribution is 5.95. The number of carbonyl (C=O) groups excluding carboxylic acids is 2. The Labute approximate surface area is 172 Å². The summed E-state index contributed by atoms with van der Waals surface area (Å²) in [7, 11) is 0. The third-order valence-electron chi connectivity index (χ3n) is 4.39. The Morgan fingerprint density at radius 2 is 1.52 bits per heavy atom. The van der Waals surface area contributed by atoms with Crippen LogP contribution < -0.4 is 20.3 Å². The summed E-state index contributed by atoms with van der Waals surface area (Å²) in [5.74, 6) is 1.04. The van der Waals surface area contributed by atoms with Gasteiger partial charge in [0.1, 0.15) is 11.5 Å². The van der Waals surface area contributed by atoms with Crippen molar-refractivity contribution in [3.05, 3.63) is 59.7 Å². The van der Waals surface area contributed by atoms with Crippen molar-refractivity contribution in [2.45, 2.75) is 46.6 Å². The van der Waals surface area contributed by atoms with Crippen molar-refractivity contribution in [1.82, 2.24) is 10.9 Å². The predicted molar refractivity (Wildman–Crippen MR) is 113 cm³/mol. The molecule has 1 atom stereocenters. The van der Waals surface area contributed by atoms with E-state index in [1.54, 1.807) is 31.2 Å². The fraction of sp³-hybridized carbons (Fsp3) is 0.391. The largest absolute Gasteiger partial charge is 0.494 e. The van der Waals surface area contributed by atoms with Gasteiger partial charge < -0.3 is 9.47 Å². The molecule has 0 heterocycles. The normalized spacial score (nSPS) is 11.6. The van der Waals surface area contributed by atoms with Gasteiger partial charge in [-0.15, -0.1) is 0 Å². The molecule has 0 radical (unpaired) electrons. The molecule has 2 amide bonds. The summed E-state index contributed by atoms with van der Waals surface area (Å²) in [5, 5.41) is 0. The lowest BCUT2D eigenvalue weighted by molar-refractivity contribution is -0.128. The molecule has 0 spiro atoms. The minimum Gasteiger partial charge on any atom is -0.494 e. The molecule has 0 aliphatic heterocycles. The second kappa shape index (κ2) is 11.1. The van der Waals surface area contributed by atoms with Crippen molar-refractivity contribution in [3.8, 4) is 11.5 Å². The van der Waals surface area contributed by atoms with Gasteiger partial charge in [-0.1, -0.05) is 32.9 Å². The molecule has 2 rings (SSSR count). The molecule has 0 saturated heterocycles. The zero-order chi connectivity index (χ0) is 21.2. The second-order valence-corrected chi connectivity index (χ2v) is 7.26. The van der Waals surface area contributed by atoms with Crippen LogP contribution in [0.3, 0.4) is 0 Å². The van der Waals surface area contributed by atoms with Gasteiger partial charge in [0.05, 0.1) is 6.61 Å². The van der Waals surface area contributed by atoms with Gasteiger partial charge in [0.2, 0.25) is 0 Å². The fourth-order valence-corrected chi connectivity index (χ4v) is 2.47. The third-order valence-corrected chi connectivity index (χ3v) is 4.39. The Kier molecular flexibility index (Phi) is 8.52. The lowest BCUT2D eigenvalue weighted by Crippen LogP contribution is -2.47. The van der Waals surface area contributed by atoms with Gasteiger partial charge in [-0.2, -0.15) is 0 Å². The molecule has 0 bridgehead atoms. The van der Waals surface area contributed by atoms with Gasteiger partial charge in [-0.25, -0.2) is 0 Å². The molecule has 0 saturated carbocycles. The van der Waals surface area contributed by atoms with Crippen LogP contribution in [0.4, 0.5) is 0 Å². The SMILES string of the molecule is CCc1ccc(O[C@H](C)C(=O)NNC(=O)c2ccc(OCCC(C)C)cc2)cc1. The van der Waals surface area contributed by atoms with Crippen LogP contribution in [0.1, 0.15) is 50.0 Å². The van der Waals surface area contributed by atoms with Gasteiger partial charge in [-0.3, -0.25) is 20.4 Å². The van der Waals surface area contributed by atoms with Crippen molar-refractivity contribution in [2.75, 3.05) is 6.61 Å². The molecule has 29 heavy (non-hydrogen) atoms. The number of benzene rings is 2. The smallest absolute Gasteiger partial charge is 0.279 e. The van der Waals surface area contributed by atoms with E-state index >= 15 is 0 Å². The summed E-state index contributed by atoms with van der Waals surface area (Å²) in [4.78, 5) is 24.4. The lowest BCUT2D eigenvalue weighted by Gasteiger charge is -2.15. The zero-order valence-electron chi connectivity index (χ0n) is 17.5. The van der Waals surface area contributed by atoms with E-state index in [9.17, 15) is 9.59 Å². The number of hydrogen-bond acceptors (Lipinski definition) is 4. The number of hydrogen-bond donors (Lipinski definition) is 2. The van der Waals surface area contributed by atoms with Gasteiger partial charge in [0.25, 0.3) is 11.8 Å². The first-order chi connectivity index (χ1) is 13.9. The number of ether oxygens (including phenoxy) is 2. The Morgan fingerprint density at radius 1 is 0.897 bits per heavy atom. The molecule has 0 fully saturated rings. The minimum absolute atomic E-state index is 0.411. The van der Waals surface area contributed by atoms with Crippen LogP contribution in [-0.2, 0) is 11.2 Å². The van der Waals surface area contributed by atoms with Crippen LogP contribution in [0.5, 0.6) is 11.5 Å². The molecule has 2 aromatic carbocycles. The highest BCUT2D eigenvalue weighted by Gasteiger charge is 2.16. The maximum Gasteiger partial charge on any atom is 0.279 e. The summed E-state index contributed by atoms with van der Waals surface area (Å²) in [5.41, 5.74) is 6.41. The maximum atomic E-state index is 12.2. The van der Waals surface area contributed by atoms with Crippen molar-refractivity contribution < 1.29 is 19.1 Å². The highest BCUT2D eigenvalue weighted by atomic mass is 16.5. The van der Waals surface area contributed by atoms with E-state index in [1.165, 1.54) is 5.56 Å². The third kappa shape index (κ3) is 7.49. The predicted octanol–water partition coefficient (Wildman–Crippen LogP) is 3.90. The number of nitrogens with one attached hydrogen (secondary N) is 2. The van der Waals surface area contributed by atoms with Crippen LogP contribution in [-0.4, -0.2) is 24.5 Å². The molecule has 0 aliphatic carbocycles. The van der Waals surface area contributed by atoms with Gasteiger partial charge in [0, 0.05) is 5.56 Å². The average molecular weight is 399 g/mol. The van der Waals surface area contributed by atoms with Crippen molar-refractivity contribution >= 4 is 11.8 Å². The Bertz CT molecular complexity index is 786. The zero-order valence-corrected chi connectivity index (χ0v) is 17.5. The van der Waals surface area contributed by atoms with Crippen molar-refractivity contribution in [3.63, 3.8) is 0 Å². The van der Waals surface area contributed by atoms with Crippen LogP contribution in [0.15, 0.2) is 48.5 Å². The topological polar surface area (TPSA) is 76.7 Å². The summed E-state index contributed by atoms with van der Waals surface area (Å²) in [6.45, 7) is 8.61. The Balaban J connectivity index is 1.78. The maximum absolute atomic E-state index is 12.2. The van der Waals surface area contributed by atoms with Crippen LogP contribution >= 0.6 is 0 Å². The van der Waals surface area contributed by atoms with Gasteiger partial charge >= 0.3 is 0 Å². The summed E-state index contributed by atoms with van der Waals surface area (Å²) >= 11 is 0. The van der Waals surface area contributed by atoms with Crippen LogP contribution in [0, 0.1) is 5.92 Å². The molecule has 0 unspecified atom stereocenters. The van der Waals surface area contributed by atoms with E-state index < -0.39 is 17.9 Å². The lowest BCUT2D eigenvalue weighted by atomic mass is 10.1. The second-order valence-electron chi connectivity index (χ2n) is 7.26. The van der Waals surface area contributed by atoms with Gasteiger partial charge in [0.15, 0.2) is 6.10 Å². The molecule has 2 aromatic rings. The number of rotatable bonds is 9. The minimum atomic E-state index is -0.750. The number of carbonyl (C=O) groups is 2.